The first-order valence-electron chi connectivity index (χ1n) is 12.5. The minimum absolute atomic E-state index is 0.0713. The molecule has 0 spiro atoms. The number of primary amides is 1. The number of nitrogens with two attached hydrogens (primary N) is 1. The van der Waals surface area contributed by atoms with Gasteiger partial charge in [-0.15, -0.1) is 0 Å². The van der Waals surface area contributed by atoms with Gasteiger partial charge in [0.1, 0.15) is 22.8 Å². The van der Waals surface area contributed by atoms with Crippen LogP contribution in [0.1, 0.15) is 28.0 Å². The van der Waals surface area contributed by atoms with Crippen molar-refractivity contribution >= 4 is 17.5 Å². The fourth-order valence-electron chi connectivity index (χ4n) is 6.55. The molecule has 1 heterocycles. The predicted molar refractivity (Wildman–Crippen MR) is 139 cm³/mol. The van der Waals surface area contributed by atoms with Crippen molar-refractivity contribution in [1.29, 1.82) is 0 Å². The summed E-state index contributed by atoms with van der Waals surface area (Å²) in [6.07, 6.45) is 0.655. The number of aromatic nitrogens is 1. The summed E-state index contributed by atoms with van der Waals surface area (Å²) in [7, 11) is 7.34. The first kappa shape index (κ1) is 25.7. The fourth-order valence-corrected chi connectivity index (χ4v) is 6.55. The van der Waals surface area contributed by atoms with Crippen molar-refractivity contribution < 1.29 is 29.7 Å². The number of hydrogen-bond acceptors (Lipinski definition) is 8. The van der Waals surface area contributed by atoms with E-state index in [2.05, 4.69) is 4.98 Å². The Labute approximate surface area is 220 Å². The average molecular weight is 521 g/mol. The molecule has 4 atom stereocenters. The zero-order chi connectivity index (χ0) is 27.6. The molecule has 5 rings (SSSR count). The number of aliphatic hydroxyl groups excluding tert-OH is 2. The van der Waals surface area contributed by atoms with E-state index in [4.69, 9.17) is 5.73 Å². The summed E-state index contributed by atoms with van der Waals surface area (Å²) in [6, 6.07) is 6.39. The van der Waals surface area contributed by atoms with Crippen molar-refractivity contribution in [1.82, 2.24) is 14.8 Å². The Balaban J connectivity index is 1.64. The van der Waals surface area contributed by atoms with Crippen LogP contribution in [-0.2, 0) is 22.6 Å². The van der Waals surface area contributed by atoms with E-state index in [1.54, 1.807) is 25.1 Å². The summed E-state index contributed by atoms with van der Waals surface area (Å²) in [4.78, 5) is 46.3. The molecule has 3 aliphatic rings. The lowest BCUT2D eigenvalue weighted by Crippen LogP contribution is -2.53. The third kappa shape index (κ3) is 3.83. The molecule has 3 unspecified atom stereocenters. The van der Waals surface area contributed by atoms with E-state index in [0.717, 1.165) is 17.0 Å². The number of nitrogens with zero attached hydrogens (tertiary/aromatic N) is 2. The minimum Gasteiger partial charge on any atom is -0.511 e. The van der Waals surface area contributed by atoms with Crippen molar-refractivity contribution in [2.24, 2.45) is 23.5 Å². The number of hydrogen-bond donors (Lipinski definition) is 5. The van der Waals surface area contributed by atoms with E-state index in [1.165, 1.54) is 6.07 Å². The number of ketones is 2. The van der Waals surface area contributed by atoms with Gasteiger partial charge in [0, 0.05) is 29.1 Å². The van der Waals surface area contributed by atoms with Crippen LogP contribution >= 0.6 is 0 Å². The number of phenols is 1. The van der Waals surface area contributed by atoms with Crippen LogP contribution in [0.4, 0.5) is 0 Å². The molecule has 0 saturated carbocycles. The highest BCUT2D eigenvalue weighted by atomic mass is 16.3. The zero-order valence-corrected chi connectivity index (χ0v) is 21.8. The van der Waals surface area contributed by atoms with E-state index in [1.807, 2.05) is 31.1 Å². The number of carbonyl (C=O) groups is 3. The normalized spacial score (nSPS) is 25.1. The van der Waals surface area contributed by atoms with Crippen molar-refractivity contribution in [2.45, 2.75) is 25.4 Å². The number of H-pyrrole nitrogens is 1. The quantitative estimate of drug-likeness (QED) is 0.375. The molecule has 1 amide bonds. The van der Waals surface area contributed by atoms with Crippen LogP contribution in [0.15, 0.2) is 46.9 Å². The molecule has 38 heavy (non-hydrogen) atoms. The van der Waals surface area contributed by atoms with Crippen LogP contribution in [-0.4, -0.2) is 81.8 Å². The first-order chi connectivity index (χ1) is 17.9. The molecule has 0 radical (unpaired) electrons. The second kappa shape index (κ2) is 9.14. The Morgan fingerprint density at radius 2 is 1.76 bits per heavy atom. The highest BCUT2D eigenvalue weighted by Gasteiger charge is 2.54. The number of likely N-dealkylation sites (N-methyl/N-ethyl adjacent to an activating group) is 1. The van der Waals surface area contributed by atoms with Gasteiger partial charge in [-0.05, 0) is 82.7 Å². The van der Waals surface area contributed by atoms with Gasteiger partial charge in [0.15, 0.2) is 11.6 Å². The predicted octanol–water partition coefficient (Wildman–Crippen LogP) is 2.06. The molecule has 10 heteroatoms. The molecule has 0 bridgehead atoms. The highest BCUT2D eigenvalue weighted by molar-refractivity contribution is 6.22. The Bertz CT molecular complexity index is 1430. The third-order valence-corrected chi connectivity index (χ3v) is 7.97. The first-order valence-corrected chi connectivity index (χ1v) is 12.5. The molecule has 0 saturated heterocycles. The maximum atomic E-state index is 13.8. The lowest BCUT2D eigenvalue weighted by Gasteiger charge is -2.46. The molecule has 0 fully saturated rings. The number of rotatable bonds is 5. The molecule has 200 valence electrons. The summed E-state index contributed by atoms with van der Waals surface area (Å²) in [5.41, 5.74) is 8.28. The van der Waals surface area contributed by atoms with Crippen LogP contribution in [0.25, 0.3) is 11.3 Å². The van der Waals surface area contributed by atoms with Crippen molar-refractivity contribution in [3.63, 3.8) is 0 Å². The highest BCUT2D eigenvalue weighted by Crippen LogP contribution is 2.51. The zero-order valence-electron chi connectivity index (χ0n) is 21.8. The second-order valence-electron chi connectivity index (χ2n) is 10.9. The van der Waals surface area contributed by atoms with E-state index >= 15 is 0 Å². The summed E-state index contributed by atoms with van der Waals surface area (Å²) >= 11 is 0. The van der Waals surface area contributed by atoms with Gasteiger partial charge in [-0.2, -0.15) is 0 Å². The van der Waals surface area contributed by atoms with Crippen molar-refractivity contribution in [3.8, 4) is 17.0 Å². The van der Waals surface area contributed by atoms with Crippen LogP contribution in [0.2, 0.25) is 0 Å². The van der Waals surface area contributed by atoms with Gasteiger partial charge in [-0.3, -0.25) is 19.3 Å². The number of allylic oxidation sites excluding steroid dienone is 2. The van der Waals surface area contributed by atoms with Gasteiger partial charge < -0.3 is 30.9 Å². The Kier molecular flexibility index (Phi) is 6.19. The molecule has 6 N–H and O–H groups in total. The van der Waals surface area contributed by atoms with Gasteiger partial charge in [0.25, 0.3) is 5.91 Å². The van der Waals surface area contributed by atoms with Gasteiger partial charge in [0.05, 0.1) is 17.5 Å². The Morgan fingerprint density at radius 1 is 1.05 bits per heavy atom. The molecule has 0 aliphatic heterocycles. The van der Waals surface area contributed by atoms with E-state index < -0.39 is 58.4 Å². The van der Waals surface area contributed by atoms with Crippen molar-refractivity contribution in [3.05, 3.63) is 63.8 Å². The lowest BCUT2D eigenvalue weighted by molar-refractivity contribution is -0.127. The Morgan fingerprint density at radius 3 is 2.39 bits per heavy atom. The maximum Gasteiger partial charge on any atom is 0.255 e. The molecule has 10 nitrogen and oxygen atoms in total. The van der Waals surface area contributed by atoms with E-state index in [0.29, 0.717) is 24.9 Å². The number of amides is 1. The van der Waals surface area contributed by atoms with Crippen LogP contribution in [0.5, 0.6) is 5.75 Å². The van der Waals surface area contributed by atoms with Gasteiger partial charge >= 0.3 is 0 Å². The van der Waals surface area contributed by atoms with Gasteiger partial charge in [-0.25, -0.2) is 0 Å². The summed E-state index contributed by atoms with van der Waals surface area (Å²) in [5, 5.41) is 33.0. The third-order valence-electron chi connectivity index (χ3n) is 7.97. The minimum atomic E-state index is -1.19. The molecule has 2 aromatic rings. The second-order valence-corrected chi connectivity index (χ2v) is 10.9. The smallest absolute Gasteiger partial charge is 0.255 e. The van der Waals surface area contributed by atoms with E-state index in [9.17, 15) is 29.7 Å². The SMILES string of the molecule is CN(C)Cc1ccc(-c2ccc(O)c3c2CC2CC4C(C(=O)C(C(N)=O)=C(O)[C@H]4N(C)C)C(O)=C2C3=O)[nH]1. The number of carbonyl (C=O) groups excluding carboxylic acids is 3. The Hall–Kier alpha value is -3.89. The molecule has 1 aromatic carbocycles. The van der Waals surface area contributed by atoms with Crippen molar-refractivity contribution in [2.75, 3.05) is 28.2 Å². The summed E-state index contributed by atoms with van der Waals surface area (Å²) in [5.74, 6) is -5.68. The van der Waals surface area contributed by atoms with Gasteiger partial charge in [-0.1, -0.05) is 0 Å². The number of benzene rings is 1. The molecular formula is C28H32N4O6. The number of Topliss-reactive ketones (excluding diaryl/α,β-unsaturated/α-hetero) is 2. The van der Waals surface area contributed by atoms with Gasteiger partial charge in [0.2, 0.25) is 0 Å². The number of aliphatic hydroxyl groups is 2. The number of fused-ring (bicyclic) bond motifs is 3. The fraction of sp³-hybridized carbons (Fsp3) is 0.393. The maximum absolute atomic E-state index is 13.8. The van der Waals surface area contributed by atoms with E-state index in [-0.39, 0.29) is 16.9 Å². The largest absolute Gasteiger partial charge is 0.511 e. The van der Waals surface area contributed by atoms with Crippen LogP contribution in [0.3, 0.4) is 0 Å². The number of phenolic OH excluding ortho intramolecular Hbond substituents is 1. The lowest BCUT2D eigenvalue weighted by atomic mass is 9.60. The standard InChI is InChI=1S/C28H32N4O6/c1-31(2)11-13-5-7-17(30-13)14-6-8-18(33)20-15(14)9-12-10-16-21(25(35)19(12)24(20)34)26(36)22(28(29)38)27(37)23(16)32(3)4/h5-8,12,16,21,23,30,33,35,37H,9-11H2,1-4H3,(H2,29,38)/t12?,16?,21?,23-/m0/s1. The topological polar surface area (TPSA) is 160 Å². The number of aromatic amines is 1. The molecule has 1 aromatic heterocycles. The summed E-state index contributed by atoms with van der Waals surface area (Å²) < 4.78 is 0. The van der Waals surface area contributed by atoms with Crippen LogP contribution < -0.4 is 5.73 Å². The molecular weight excluding hydrogens is 488 g/mol. The summed E-state index contributed by atoms with van der Waals surface area (Å²) in [6.45, 7) is 0.704. The molecule has 3 aliphatic carbocycles. The number of aromatic hydroxyl groups is 1. The monoisotopic (exact) mass is 520 g/mol. The number of nitrogens with one attached hydrogen (secondary N) is 1. The van der Waals surface area contributed by atoms with Crippen LogP contribution in [0, 0.1) is 17.8 Å². The average Bonchev–Trinajstić information content (AvgIpc) is 3.25.